The maximum Gasteiger partial charge on any atom is 0.340 e. The van der Waals surface area contributed by atoms with E-state index in [-0.39, 0.29) is 10.7 Å². The highest BCUT2D eigenvalue weighted by molar-refractivity contribution is 6.32. The lowest BCUT2D eigenvalue weighted by Crippen LogP contribution is -2.04. The fraction of sp³-hybridized carbons (Fsp3) is 0.273. The van der Waals surface area contributed by atoms with Crippen molar-refractivity contribution in [3.8, 4) is 5.82 Å². The van der Waals surface area contributed by atoms with Gasteiger partial charge in [-0.15, -0.1) is 0 Å². The Hall–Kier alpha value is -1.95. The normalized spacial score (nSPS) is 10.7. The number of rotatable bonds is 2. The second kappa shape index (κ2) is 4.38. The maximum atomic E-state index is 11.1. The van der Waals surface area contributed by atoms with E-state index in [1.165, 1.54) is 4.68 Å². The Bertz CT molecular complexity index is 616. The van der Waals surface area contributed by atoms with Crippen LogP contribution in [0.2, 0.25) is 5.15 Å². The molecule has 2 aromatic rings. The second-order valence-electron chi connectivity index (χ2n) is 3.88. The number of halogens is 1. The van der Waals surface area contributed by atoms with Gasteiger partial charge in [0.15, 0.2) is 5.82 Å². The van der Waals surface area contributed by atoms with Gasteiger partial charge in [-0.2, -0.15) is 5.10 Å². The third-order valence-electron chi connectivity index (χ3n) is 2.39. The van der Waals surface area contributed by atoms with Crippen LogP contribution in [0.4, 0.5) is 0 Å². The summed E-state index contributed by atoms with van der Waals surface area (Å²) in [6.07, 6.45) is 0. The standard InChI is InChI=1S/C11H11ClN4O2/c1-5-4-8(14-7(3)13-5)16-10(12)9(11(17)18)6(2)15-16/h4H,1-3H3,(H,17,18). The van der Waals surface area contributed by atoms with Gasteiger partial charge >= 0.3 is 5.97 Å². The van der Waals surface area contributed by atoms with Gasteiger partial charge in [-0.3, -0.25) is 0 Å². The number of aromatic carboxylic acids is 1. The predicted octanol–water partition coefficient (Wildman–Crippen LogP) is 1.94. The first-order valence-corrected chi connectivity index (χ1v) is 5.59. The van der Waals surface area contributed by atoms with Crippen molar-refractivity contribution < 1.29 is 9.90 Å². The summed E-state index contributed by atoms with van der Waals surface area (Å²) >= 11 is 6.02. The van der Waals surface area contributed by atoms with Gasteiger partial charge in [0, 0.05) is 11.8 Å². The fourth-order valence-electron chi connectivity index (χ4n) is 1.70. The van der Waals surface area contributed by atoms with Gasteiger partial charge < -0.3 is 5.11 Å². The van der Waals surface area contributed by atoms with Crippen LogP contribution in [-0.4, -0.2) is 30.8 Å². The molecule has 2 rings (SSSR count). The molecule has 0 aliphatic carbocycles. The van der Waals surface area contributed by atoms with Crippen molar-refractivity contribution in [1.82, 2.24) is 19.7 Å². The van der Waals surface area contributed by atoms with E-state index >= 15 is 0 Å². The molecule has 0 aliphatic rings. The first-order valence-electron chi connectivity index (χ1n) is 5.21. The number of carboxylic acid groups (broad SMARTS) is 1. The van der Waals surface area contributed by atoms with E-state index < -0.39 is 5.97 Å². The summed E-state index contributed by atoms with van der Waals surface area (Å²) < 4.78 is 1.31. The van der Waals surface area contributed by atoms with E-state index in [1.54, 1.807) is 19.9 Å². The summed E-state index contributed by atoms with van der Waals surface area (Å²) in [7, 11) is 0. The Morgan fingerprint density at radius 1 is 1.33 bits per heavy atom. The monoisotopic (exact) mass is 266 g/mol. The van der Waals surface area contributed by atoms with Crippen LogP contribution >= 0.6 is 11.6 Å². The van der Waals surface area contributed by atoms with Gasteiger partial charge in [0.25, 0.3) is 0 Å². The molecular formula is C11H11ClN4O2. The van der Waals surface area contributed by atoms with Gasteiger partial charge in [-0.25, -0.2) is 19.4 Å². The average Bonchev–Trinajstić information content (AvgIpc) is 2.52. The zero-order valence-electron chi connectivity index (χ0n) is 10.1. The van der Waals surface area contributed by atoms with Crippen molar-refractivity contribution in [2.75, 3.05) is 0 Å². The molecule has 2 heterocycles. The van der Waals surface area contributed by atoms with Crippen LogP contribution in [0.5, 0.6) is 0 Å². The first kappa shape index (κ1) is 12.5. The minimum absolute atomic E-state index is 0.00872. The fourth-order valence-corrected chi connectivity index (χ4v) is 2.04. The molecule has 94 valence electrons. The van der Waals surface area contributed by atoms with Crippen molar-refractivity contribution in [2.45, 2.75) is 20.8 Å². The minimum Gasteiger partial charge on any atom is -0.478 e. The summed E-state index contributed by atoms with van der Waals surface area (Å²) in [5, 5.41) is 13.2. The highest BCUT2D eigenvalue weighted by atomic mass is 35.5. The number of nitrogens with zero attached hydrogens (tertiary/aromatic N) is 4. The number of hydrogen-bond donors (Lipinski definition) is 1. The third-order valence-corrected chi connectivity index (χ3v) is 2.74. The van der Waals surface area contributed by atoms with Crippen LogP contribution in [0.3, 0.4) is 0 Å². The Labute approximate surface area is 108 Å². The molecular weight excluding hydrogens is 256 g/mol. The number of carboxylic acids is 1. The van der Waals surface area contributed by atoms with E-state index in [2.05, 4.69) is 15.1 Å². The molecule has 0 saturated carbocycles. The van der Waals surface area contributed by atoms with Crippen molar-refractivity contribution >= 4 is 17.6 Å². The van der Waals surface area contributed by atoms with E-state index in [4.69, 9.17) is 16.7 Å². The average molecular weight is 267 g/mol. The molecule has 1 N–H and O–H groups in total. The third kappa shape index (κ3) is 2.06. The van der Waals surface area contributed by atoms with E-state index in [1.807, 2.05) is 6.92 Å². The molecule has 0 aliphatic heterocycles. The summed E-state index contributed by atoms with van der Waals surface area (Å²) in [5.41, 5.74) is 1.10. The van der Waals surface area contributed by atoms with Crippen molar-refractivity contribution in [1.29, 1.82) is 0 Å². The molecule has 18 heavy (non-hydrogen) atoms. The number of aromatic nitrogens is 4. The topological polar surface area (TPSA) is 80.9 Å². The lowest BCUT2D eigenvalue weighted by Gasteiger charge is -2.04. The van der Waals surface area contributed by atoms with E-state index in [0.717, 1.165) is 5.69 Å². The smallest absolute Gasteiger partial charge is 0.340 e. The Morgan fingerprint density at radius 3 is 2.50 bits per heavy atom. The van der Waals surface area contributed by atoms with Gasteiger partial charge in [0.05, 0.1) is 5.69 Å². The Morgan fingerprint density at radius 2 is 2.00 bits per heavy atom. The maximum absolute atomic E-state index is 11.1. The van der Waals surface area contributed by atoms with Gasteiger partial charge in [0.2, 0.25) is 0 Å². The minimum atomic E-state index is -1.11. The van der Waals surface area contributed by atoms with Crippen molar-refractivity contribution in [3.05, 3.63) is 34.0 Å². The van der Waals surface area contributed by atoms with Crippen molar-refractivity contribution in [3.63, 3.8) is 0 Å². The summed E-state index contributed by atoms with van der Waals surface area (Å²) in [4.78, 5) is 19.4. The molecule has 0 saturated heterocycles. The molecule has 0 fully saturated rings. The van der Waals surface area contributed by atoms with E-state index in [0.29, 0.717) is 17.3 Å². The van der Waals surface area contributed by atoms with Crippen LogP contribution in [0.1, 0.15) is 27.6 Å². The zero-order chi connectivity index (χ0) is 13.4. The molecule has 2 aromatic heterocycles. The Balaban J connectivity index is 2.65. The summed E-state index contributed by atoms with van der Waals surface area (Å²) in [6, 6.07) is 1.69. The molecule has 0 amide bonds. The van der Waals surface area contributed by atoms with Crippen molar-refractivity contribution in [2.24, 2.45) is 0 Å². The molecule has 0 aromatic carbocycles. The molecule has 0 atom stereocenters. The summed E-state index contributed by atoms with van der Waals surface area (Å²) in [5.74, 6) is -0.0713. The number of aryl methyl sites for hydroxylation is 3. The molecule has 0 bridgehead atoms. The molecule has 0 unspecified atom stereocenters. The molecule has 0 radical (unpaired) electrons. The molecule has 0 spiro atoms. The lowest BCUT2D eigenvalue weighted by molar-refractivity contribution is 0.0696. The molecule has 7 heteroatoms. The number of carbonyl (C=O) groups is 1. The van der Waals surface area contributed by atoms with Crippen LogP contribution in [-0.2, 0) is 0 Å². The summed E-state index contributed by atoms with van der Waals surface area (Å²) in [6.45, 7) is 5.16. The number of hydrogen-bond acceptors (Lipinski definition) is 4. The highest BCUT2D eigenvalue weighted by Crippen LogP contribution is 2.22. The predicted molar refractivity (Wildman–Crippen MR) is 65.3 cm³/mol. The first-order chi connectivity index (χ1) is 8.40. The highest BCUT2D eigenvalue weighted by Gasteiger charge is 2.21. The van der Waals surface area contributed by atoms with Crippen LogP contribution in [0.25, 0.3) is 5.82 Å². The van der Waals surface area contributed by atoms with Gasteiger partial charge in [-0.1, -0.05) is 11.6 Å². The quantitative estimate of drug-likeness (QED) is 0.898. The van der Waals surface area contributed by atoms with E-state index in [9.17, 15) is 4.79 Å². The largest absolute Gasteiger partial charge is 0.478 e. The van der Waals surface area contributed by atoms with Crippen LogP contribution < -0.4 is 0 Å². The SMILES string of the molecule is Cc1cc(-n2nc(C)c(C(=O)O)c2Cl)nc(C)n1. The van der Waals surface area contributed by atoms with Crippen LogP contribution in [0.15, 0.2) is 6.07 Å². The van der Waals surface area contributed by atoms with Gasteiger partial charge in [-0.05, 0) is 20.8 Å². The van der Waals surface area contributed by atoms with Gasteiger partial charge in [0.1, 0.15) is 16.5 Å². The van der Waals surface area contributed by atoms with Crippen LogP contribution in [0, 0.1) is 20.8 Å². The second-order valence-corrected chi connectivity index (χ2v) is 4.24. The zero-order valence-corrected chi connectivity index (χ0v) is 10.9. The Kier molecular flexibility index (Phi) is 3.04. The molecule has 6 nitrogen and oxygen atoms in total. The lowest BCUT2D eigenvalue weighted by atomic mass is 10.3.